The zero-order valence-electron chi connectivity index (χ0n) is 11.9. The fraction of sp³-hybridized carbons (Fsp3) is 0.150. The van der Waals surface area contributed by atoms with Gasteiger partial charge in [0.25, 0.3) is 0 Å². The highest BCUT2D eigenvalue weighted by Gasteiger charge is 2.19. The van der Waals surface area contributed by atoms with Crippen molar-refractivity contribution in [3.8, 4) is 0 Å². The predicted molar refractivity (Wildman–Crippen MR) is 87.6 cm³/mol. The van der Waals surface area contributed by atoms with Crippen molar-refractivity contribution >= 4 is 17.4 Å². The largest absolute Gasteiger partial charge is 0.295 e. The Balaban J connectivity index is 1.76. The number of ketones is 1. The molecule has 21 heavy (non-hydrogen) atoms. The molecule has 0 fully saturated rings. The minimum absolute atomic E-state index is 0.225. The molecule has 0 bridgehead atoms. The fourth-order valence-electron chi connectivity index (χ4n) is 2.73. The van der Waals surface area contributed by atoms with Crippen LogP contribution in [0.4, 0.5) is 0 Å². The van der Waals surface area contributed by atoms with Crippen LogP contribution in [0.5, 0.6) is 0 Å². The molecule has 2 aromatic rings. The number of benzene rings is 2. The summed E-state index contributed by atoms with van der Waals surface area (Å²) < 4.78 is 0. The lowest BCUT2D eigenvalue weighted by Crippen LogP contribution is -2.11. The van der Waals surface area contributed by atoms with E-state index in [2.05, 4.69) is 36.4 Å². The second-order valence-corrected chi connectivity index (χ2v) is 5.44. The molecule has 0 aromatic heterocycles. The monoisotopic (exact) mass is 274 g/mol. The van der Waals surface area contributed by atoms with Gasteiger partial charge in [-0.15, -0.1) is 0 Å². The Morgan fingerprint density at radius 2 is 1.52 bits per heavy atom. The third-order valence-corrected chi connectivity index (χ3v) is 3.79. The van der Waals surface area contributed by atoms with Crippen molar-refractivity contribution in [1.29, 1.82) is 0 Å². The van der Waals surface area contributed by atoms with Gasteiger partial charge in [-0.2, -0.15) is 0 Å². The van der Waals surface area contributed by atoms with Gasteiger partial charge in [-0.05, 0) is 35.1 Å². The van der Waals surface area contributed by atoms with Gasteiger partial charge in [0.05, 0.1) is 0 Å². The molecular formula is C20H18O. The summed E-state index contributed by atoms with van der Waals surface area (Å²) in [6.45, 7) is 0. The Kier molecular flexibility index (Phi) is 4.11. The van der Waals surface area contributed by atoms with Crippen molar-refractivity contribution < 1.29 is 4.79 Å². The van der Waals surface area contributed by atoms with E-state index in [9.17, 15) is 4.79 Å². The van der Waals surface area contributed by atoms with E-state index < -0.39 is 0 Å². The topological polar surface area (TPSA) is 17.1 Å². The molecule has 1 heteroatoms. The van der Waals surface area contributed by atoms with Crippen LogP contribution in [-0.4, -0.2) is 5.78 Å². The summed E-state index contributed by atoms with van der Waals surface area (Å²) in [5.74, 6) is 0.515. The SMILES string of the molecule is O=C1C=C(c2ccccc2)C[C@@H](/C=C/c2ccccc2)C1. The first-order chi connectivity index (χ1) is 10.3. The first kappa shape index (κ1) is 13.6. The lowest BCUT2D eigenvalue weighted by atomic mass is 9.84. The van der Waals surface area contributed by atoms with Crippen molar-refractivity contribution in [2.45, 2.75) is 12.8 Å². The molecule has 1 aliphatic rings. The second-order valence-electron chi connectivity index (χ2n) is 5.44. The molecule has 0 N–H and O–H groups in total. The van der Waals surface area contributed by atoms with E-state index in [-0.39, 0.29) is 11.7 Å². The van der Waals surface area contributed by atoms with Gasteiger partial charge >= 0.3 is 0 Å². The maximum atomic E-state index is 12.0. The minimum Gasteiger partial charge on any atom is -0.295 e. The van der Waals surface area contributed by atoms with Crippen LogP contribution in [0.25, 0.3) is 11.6 Å². The van der Waals surface area contributed by atoms with Gasteiger partial charge in [0.15, 0.2) is 5.78 Å². The van der Waals surface area contributed by atoms with Crippen molar-refractivity contribution in [3.05, 3.63) is 83.9 Å². The van der Waals surface area contributed by atoms with Crippen molar-refractivity contribution in [2.24, 2.45) is 5.92 Å². The minimum atomic E-state index is 0.225. The molecule has 0 radical (unpaired) electrons. The van der Waals surface area contributed by atoms with Gasteiger partial charge < -0.3 is 0 Å². The van der Waals surface area contributed by atoms with Crippen LogP contribution in [-0.2, 0) is 4.79 Å². The number of allylic oxidation sites excluding steroid dienone is 3. The summed E-state index contributed by atoms with van der Waals surface area (Å²) >= 11 is 0. The highest BCUT2D eigenvalue weighted by molar-refractivity contribution is 5.98. The zero-order chi connectivity index (χ0) is 14.5. The van der Waals surface area contributed by atoms with Crippen LogP contribution in [0, 0.1) is 5.92 Å². The fourth-order valence-corrected chi connectivity index (χ4v) is 2.73. The zero-order valence-corrected chi connectivity index (χ0v) is 11.9. The molecule has 1 atom stereocenters. The molecular weight excluding hydrogens is 256 g/mol. The summed E-state index contributed by atoms with van der Waals surface area (Å²) in [4.78, 5) is 12.0. The highest BCUT2D eigenvalue weighted by atomic mass is 16.1. The van der Waals surface area contributed by atoms with Gasteiger partial charge in [-0.3, -0.25) is 4.79 Å². The van der Waals surface area contributed by atoms with Crippen LogP contribution in [0.2, 0.25) is 0 Å². The van der Waals surface area contributed by atoms with E-state index in [0.717, 1.165) is 17.6 Å². The van der Waals surface area contributed by atoms with Gasteiger partial charge in [-0.25, -0.2) is 0 Å². The quantitative estimate of drug-likeness (QED) is 0.788. The average molecular weight is 274 g/mol. The molecule has 0 saturated heterocycles. The number of carbonyl (C=O) groups is 1. The molecule has 1 nitrogen and oxygen atoms in total. The number of hydrogen-bond donors (Lipinski definition) is 0. The lowest BCUT2D eigenvalue weighted by Gasteiger charge is -2.19. The van der Waals surface area contributed by atoms with E-state index >= 15 is 0 Å². The summed E-state index contributed by atoms with van der Waals surface area (Å²) in [6.07, 6.45) is 7.63. The Morgan fingerprint density at radius 1 is 0.857 bits per heavy atom. The molecule has 0 saturated carbocycles. The maximum absolute atomic E-state index is 12.0. The first-order valence-electron chi connectivity index (χ1n) is 7.33. The Hall–Kier alpha value is -2.41. The summed E-state index contributed by atoms with van der Waals surface area (Å²) in [7, 11) is 0. The Bertz CT molecular complexity index is 665. The van der Waals surface area contributed by atoms with Crippen molar-refractivity contribution in [3.63, 3.8) is 0 Å². The Labute approximate surface area is 125 Å². The third kappa shape index (κ3) is 3.57. The molecule has 2 aromatic carbocycles. The summed E-state index contributed by atoms with van der Waals surface area (Å²) in [5.41, 5.74) is 3.49. The van der Waals surface area contributed by atoms with Crippen LogP contribution in [0.3, 0.4) is 0 Å². The van der Waals surface area contributed by atoms with E-state index in [1.165, 1.54) is 5.56 Å². The predicted octanol–water partition coefficient (Wildman–Crippen LogP) is 4.76. The smallest absolute Gasteiger partial charge is 0.156 e. The van der Waals surface area contributed by atoms with E-state index in [4.69, 9.17) is 0 Å². The van der Waals surface area contributed by atoms with Crippen molar-refractivity contribution in [1.82, 2.24) is 0 Å². The van der Waals surface area contributed by atoms with Crippen LogP contribution in [0.15, 0.2) is 72.8 Å². The van der Waals surface area contributed by atoms with Crippen molar-refractivity contribution in [2.75, 3.05) is 0 Å². The first-order valence-corrected chi connectivity index (χ1v) is 7.33. The molecule has 3 rings (SSSR count). The number of hydrogen-bond acceptors (Lipinski definition) is 1. The lowest BCUT2D eigenvalue weighted by molar-refractivity contribution is -0.115. The van der Waals surface area contributed by atoms with E-state index in [1.807, 2.05) is 42.5 Å². The van der Waals surface area contributed by atoms with E-state index in [1.54, 1.807) is 0 Å². The number of rotatable bonds is 3. The third-order valence-electron chi connectivity index (χ3n) is 3.79. The molecule has 0 heterocycles. The standard InChI is InChI=1S/C20H18O/c21-20-14-17(12-11-16-7-3-1-4-8-16)13-19(15-20)18-9-5-2-6-10-18/h1-12,15,17H,13-14H2/b12-11+/t17-/m1/s1. The number of carbonyl (C=O) groups excluding carboxylic acids is 1. The molecule has 104 valence electrons. The summed E-state index contributed by atoms with van der Waals surface area (Å²) in [5, 5.41) is 0. The van der Waals surface area contributed by atoms with Crippen LogP contribution in [0.1, 0.15) is 24.0 Å². The molecule has 0 amide bonds. The van der Waals surface area contributed by atoms with E-state index in [0.29, 0.717) is 6.42 Å². The summed E-state index contributed by atoms with van der Waals surface area (Å²) in [6, 6.07) is 20.4. The average Bonchev–Trinajstić information content (AvgIpc) is 2.54. The maximum Gasteiger partial charge on any atom is 0.156 e. The van der Waals surface area contributed by atoms with Gasteiger partial charge in [0.2, 0.25) is 0 Å². The van der Waals surface area contributed by atoms with Crippen LogP contribution < -0.4 is 0 Å². The normalized spacial score (nSPS) is 18.8. The van der Waals surface area contributed by atoms with Crippen LogP contribution >= 0.6 is 0 Å². The van der Waals surface area contributed by atoms with Gasteiger partial charge in [-0.1, -0.05) is 72.8 Å². The second kappa shape index (κ2) is 6.36. The van der Waals surface area contributed by atoms with Gasteiger partial charge in [0.1, 0.15) is 0 Å². The molecule has 0 aliphatic heterocycles. The molecule has 0 unspecified atom stereocenters. The Morgan fingerprint density at radius 3 is 2.24 bits per heavy atom. The molecule has 1 aliphatic carbocycles. The highest BCUT2D eigenvalue weighted by Crippen LogP contribution is 2.30. The molecule has 0 spiro atoms. The van der Waals surface area contributed by atoms with Gasteiger partial charge in [0, 0.05) is 6.42 Å².